The molecule has 2 aromatic carbocycles. The first-order chi connectivity index (χ1) is 16.1. The van der Waals surface area contributed by atoms with Gasteiger partial charge >= 0.3 is 0 Å². The summed E-state index contributed by atoms with van der Waals surface area (Å²) in [5.74, 6) is -0.960. The van der Waals surface area contributed by atoms with E-state index in [0.29, 0.717) is 23.5 Å². The fourth-order valence-electron chi connectivity index (χ4n) is 3.94. The second-order valence-corrected chi connectivity index (χ2v) is 7.92. The lowest BCUT2D eigenvalue weighted by molar-refractivity contribution is -0.140. The Hall–Kier alpha value is -3.93. The Morgan fingerprint density at radius 2 is 1.79 bits per heavy atom. The topological polar surface area (TPSA) is 79.7 Å². The molecular formula is C27H26N2O4. The third-order valence-electron chi connectivity index (χ3n) is 5.63. The monoisotopic (exact) mass is 442 g/mol. The van der Waals surface area contributed by atoms with Crippen LogP contribution in [-0.2, 0) is 16.1 Å². The highest BCUT2D eigenvalue weighted by molar-refractivity contribution is 6.46. The van der Waals surface area contributed by atoms with Crippen LogP contribution in [0.15, 0.2) is 84.7 Å². The normalized spacial score (nSPS) is 17.4. The number of aliphatic hydroxyl groups excluding tert-OH is 1. The maximum Gasteiger partial charge on any atom is 0.295 e. The van der Waals surface area contributed by atoms with Crippen LogP contribution in [0.3, 0.4) is 0 Å². The van der Waals surface area contributed by atoms with Gasteiger partial charge in [-0.2, -0.15) is 0 Å². The molecule has 0 aliphatic carbocycles. The van der Waals surface area contributed by atoms with Crippen molar-refractivity contribution in [3.63, 3.8) is 0 Å². The number of carbonyl (C=O) groups is 2. The van der Waals surface area contributed by atoms with Crippen LogP contribution in [0.2, 0.25) is 0 Å². The Morgan fingerprint density at radius 3 is 2.52 bits per heavy atom. The Morgan fingerprint density at radius 1 is 1.03 bits per heavy atom. The molecule has 0 saturated carbocycles. The first-order valence-electron chi connectivity index (χ1n) is 11.1. The molecule has 1 aliphatic rings. The number of benzene rings is 2. The quantitative estimate of drug-likeness (QED) is 0.233. The molecule has 1 atom stereocenters. The number of unbranched alkanes of at least 4 members (excludes halogenated alkanes) is 1. The fourth-order valence-corrected chi connectivity index (χ4v) is 3.94. The zero-order valence-electron chi connectivity index (χ0n) is 18.5. The van der Waals surface area contributed by atoms with Crippen molar-refractivity contribution in [1.29, 1.82) is 0 Å². The standard InChI is InChI=1S/C27H26N2O4/c1-2-3-16-33-22-11-7-10-21(17-22)25(30)23-24(20-12-14-28-15-13-20)29(27(32)26(23)31)18-19-8-5-4-6-9-19/h4-15,17,24,30H,2-3,16,18H2,1H3/b25-23+. The number of Topliss-reactive ketones (excluding diaryl/α,β-unsaturated/α-hetero) is 1. The SMILES string of the molecule is CCCCOc1cccc(/C(O)=C2\C(=O)C(=O)N(Cc3ccccc3)C2c2ccncc2)c1. The molecule has 6 nitrogen and oxygen atoms in total. The van der Waals surface area contributed by atoms with Gasteiger partial charge in [0, 0.05) is 24.5 Å². The van der Waals surface area contributed by atoms with E-state index < -0.39 is 17.7 Å². The molecule has 33 heavy (non-hydrogen) atoms. The first kappa shape index (κ1) is 22.3. The van der Waals surface area contributed by atoms with Gasteiger partial charge in [0.2, 0.25) is 0 Å². The summed E-state index contributed by atoms with van der Waals surface area (Å²) in [6.07, 6.45) is 5.15. The van der Waals surface area contributed by atoms with Gasteiger partial charge in [0.15, 0.2) is 0 Å². The number of ketones is 1. The largest absolute Gasteiger partial charge is 0.507 e. The molecule has 0 radical (unpaired) electrons. The van der Waals surface area contributed by atoms with Crippen molar-refractivity contribution in [1.82, 2.24) is 9.88 Å². The summed E-state index contributed by atoms with van der Waals surface area (Å²) in [6.45, 7) is 2.90. The van der Waals surface area contributed by atoms with E-state index in [0.717, 1.165) is 18.4 Å². The van der Waals surface area contributed by atoms with Crippen molar-refractivity contribution < 1.29 is 19.4 Å². The predicted molar refractivity (Wildman–Crippen MR) is 125 cm³/mol. The molecule has 3 aromatic rings. The van der Waals surface area contributed by atoms with Crippen molar-refractivity contribution in [2.75, 3.05) is 6.61 Å². The minimum absolute atomic E-state index is 0.0628. The lowest BCUT2D eigenvalue weighted by Crippen LogP contribution is -2.29. The molecule has 2 heterocycles. The smallest absolute Gasteiger partial charge is 0.295 e. The van der Waals surface area contributed by atoms with Crippen LogP contribution in [0.25, 0.3) is 5.76 Å². The highest BCUT2D eigenvalue weighted by atomic mass is 16.5. The number of amides is 1. The maximum absolute atomic E-state index is 13.1. The highest BCUT2D eigenvalue weighted by Crippen LogP contribution is 2.40. The van der Waals surface area contributed by atoms with Gasteiger partial charge in [-0.25, -0.2) is 0 Å². The average Bonchev–Trinajstić information content (AvgIpc) is 3.10. The molecule has 168 valence electrons. The molecule has 4 rings (SSSR count). The summed E-state index contributed by atoms with van der Waals surface area (Å²) in [7, 11) is 0. The molecule has 1 amide bonds. The molecule has 1 unspecified atom stereocenters. The number of pyridine rings is 1. The molecule has 6 heteroatoms. The summed E-state index contributed by atoms with van der Waals surface area (Å²) < 4.78 is 5.76. The van der Waals surface area contributed by atoms with E-state index in [1.54, 1.807) is 48.8 Å². The third-order valence-corrected chi connectivity index (χ3v) is 5.63. The first-order valence-corrected chi connectivity index (χ1v) is 11.1. The predicted octanol–water partition coefficient (Wildman–Crippen LogP) is 4.88. The van der Waals surface area contributed by atoms with E-state index in [1.165, 1.54) is 4.90 Å². The minimum Gasteiger partial charge on any atom is -0.507 e. The number of hydrogen-bond donors (Lipinski definition) is 1. The molecule has 1 aromatic heterocycles. The van der Waals surface area contributed by atoms with Crippen LogP contribution in [0.4, 0.5) is 0 Å². The van der Waals surface area contributed by atoms with Gasteiger partial charge in [-0.1, -0.05) is 55.8 Å². The van der Waals surface area contributed by atoms with Gasteiger partial charge in [-0.15, -0.1) is 0 Å². The molecule has 1 N–H and O–H groups in total. The number of rotatable bonds is 8. The van der Waals surface area contributed by atoms with Crippen LogP contribution in [0.5, 0.6) is 5.75 Å². The second kappa shape index (κ2) is 10.1. The Labute approximate surface area is 193 Å². The summed E-state index contributed by atoms with van der Waals surface area (Å²) in [6, 6.07) is 19.2. The minimum atomic E-state index is -0.724. The van der Waals surface area contributed by atoms with Crippen LogP contribution < -0.4 is 4.74 Å². The van der Waals surface area contributed by atoms with Gasteiger partial charge in [0.25, 0.3) is 11.7 Å². The van der Waals surface area contributed by atoms with Gasteiger partial charge in [0.1, 0.15) is 11.5 Å². The Kier molecular flexibility index (Phi) is 6.83. The highest BCUT2D eigenvalue weighted by Gasteiger charge is 2.46. The lowest BCUT2D eigenvalue weighted by atomic mass is 9.95. The number of ether oxygens (including phenoxy) is 1. The summed E-state index contributed by atoms with van der Waals surface area (Å²) >= 11 is 0. The van der Waals surface area contributed by atoms with Crippen LogP contribution in [0, 0.1) is 0 Å². The van der Waals surface area contributed by atoms with E-state index in [-0.39, 0.29) is 17.9 Å². The Bertz CT molecular complexity index is 1160. The zero-order valence-corrected chi connectivity index (χ0v) is 18.5. The maximum atomic E-state index is 13.1. The van der Waals surface area contributed by atoms with Crippen LogP contribution >= 0.6 is 0 Å². The molecule has 0 bridgehead atoms. The summed E-state index contributed by atoms with van der Waals surface area (Å²) in [4.78, 5) is 31.8. The number of hydrogen-bond acceptors (Lipinski definition) is 5. The molecule has 0 spiro atoms. The molecule has 1 saturated heterocycles. The van der Waals surface area contributed by atoms with Crippen molar-refractivity contribution in [2.45, 2.75) is 32.4 Å². The average molecular weight is 443 g/mol. The van der Waals surface area contributed by atoms with Gasteiger partial charge in [-0.05, 0) is 41.8 Å². The second-order valence-electron chi connectivity index (χ2n) is 7.92. The van der Waals surface area contributed by atoms with Crippen molar-refractivity contribution in [2.24, 2.45) is 0 Å². The van der Waals surface area contributed by atoms with Crippen molar-refractivity contribution >= 4 is 17.4 Å². The molecule has 1 aliphatic heterocycles. The van der Waals surface area contributed by atoms with E-state index in [9.17, 15) is 14.7 Å². The van der Waals surface area contributed by atoms with Gasteiger partial charge < -0.3 is 14.7 Å². The lowest BCUT2D eigenvalue weighted by Gasteiger charge is -2.25. The number of likely N-dealkylation sites (tertiary alicyclic amines) is 1. The number of nitrogens with zero attached hydrogens (tertiary/aromatic N) is 2. The third kappa shape index (κ3) is 4.80. The van der Waals surface area contributed by atoms with E-state index in [1.807, 2.05) is 30.3 Å². The van der Waals surface area contributed by atoms with Crippen LogP contribution in [-0.4, -0.2) is 33.3 Å². The van der Waals surface area contributed by atoms with E-state index in [2.05, 4.69) is 11.9 Å². The summed E-state index contributed by atoms with van der Waals surface area (Å²) in [5, 5.41) is 11.2. The summed E-state index contributed by atoms with van der Waals surface area (Å²) in [5.41, 5.74) is 2.09. The van der Waals surface area contributed by atoms with E-state index >= 15 is 0 Å². The van der Waals surface area contributed by atoms with Crippen molar-refractivity contribution in [3.8, 4) is 5.75 Å². The molecule has 1 fully saturated rings. The number of aromatic nitrogens is 1. The van der Waals surface area contributed by atoms with Crippen LogP contribution in [0.1, 0.15) is 42.5 Å². The van der Waals surface area contributed by atoms with Gasteiger partial charge in [0.05, 0.1) is 18.2 Å². The number of carbonyl (C=O) groups excluding carboxylic acids is 2. The van der Waals surface area contributed by atoms with Crippen molar-refractivity contribution in [3.05, 3.63) is 101 Å². The van der Waals surface area contributed by atoms with E-state index in [4.69, 9.17) is 4.74 Å². The van der Waals surface area contributed by atoms with Gasteiger partial charge in [-0.3, -0.25) is 14.6 Å². The number of aliphatic hydroxyl groups is 1. The molecular weight excluding hydrogens is 416 g/mol. The fraction of sp³-hybridized carbons (Fsp3) is 0.222. The Balaban J connectivity index is 1.76. The zero-order chi connectivity index (χ0) is 23.2.